The largest absolute Gasteiger partial charge is 0.419 e. The van der Waals surface area contributed by atoms with Gasteiger partial charge in [-0.2, -0.15) is 50.0 Å². The minimum absolute atomic E-state index is 0.576. The van der Waals surface area contributed by atoms with Crippen LogP contribution in [0.1, 0.15) is 27.8 Å². The zero-order chi connectivity index (χ0) is 18.4. The standard InChI is InChI=1S/C11H2F9N3/c12-9(13,14)5-3(1-21)4(2-22)6(10(15,16)17)8(23)7(5)11(18,19)20/h23H2. The number of nitrogens with two attached hydrogens (primary N) is 1. The fraction of sp³-hybridized carbons (Fsp3) is 0.273. The Bertz CT molecular complexity index is 726. The van der Waals surface area contributed by atoms with E-state index in [-0.39, 0.29) is 0 Å². The second kappa shape index (κ2) is 5.22. The topological polar surface area (TPSA) is 73.6 Å². The molecule has 0 heterocycles. The molecule has 1 aromatic carbocycles. The summed E-state index contributed by atoms with van der Waals surface area (Å²) in [7, 11) is 0. The molecule has 0 aliphatic heterocycles. The highest BCUT2D eigenvalue weighted by atomic mass is 19.4. The molecule has 0 radical (unpaired) electrons. The van der Waals surface area contributed by atoms with E-state index in [0.717, 1.165) is 0 Å². The zero-order valence-corrected chi connectivity index (χ0v) is 10.4. The van der Waals surface area contributed by atoms with Crippen molar-refractivity contribution in [2.24, 2.45) is 0 Å². The van der Waals surface area contributed by atoms with Crippen molar-refractivity contribution in [2.45, 2.75) is 18.5 Å². The van der Waals surface area contributed by atoms with Crippen molar-refractivity contribution in [2.75, 3.05) is 5.73 Å². The summed E-state index contributed by atoms with van der Waals surface area (Å²) in [5.41, 5.74) is -9.68. The van der Waals surface area contributed by atoms with Crippen molar-refractivity contribution in [3.8, 4) is 12.1 Å². The Morgan fingerprint density at radius 1 is 0.609 bits per heavy atom. The monoisotopic (exact) mass is 347 g/mol. The lowest BCUT2D eigenvalue weighted by molar-refractivity contribution is -0.163. The van der Waals surface area contributed by atoms with Gasteiger partial charge in [-0.1, -0.05) is 0 Å². The van der Waals surface area contributed by atoms with Crippen LogP contribution in [0.15, 0.2) is 0 Å². The molecule has 0 saturated carbocycles. The lowest BCUT2D eigenvalue weighted by Gasteiger charge is -2.23. The maximum Gasteiger partial charge on any atom is 0.419 e. The van der Waals surface area contributed by atoms with Gasteiger partial charge in [-0.25, -0.2) is 0 Å². The number of hydrogen-bond donors (Lipinski definition) is 1. The molecule has 0 aliphatic carbocycles. The molecule has 0 aromatic heterocycles. The fourth-order valence-electron chi connectivity index (χ4n) is 1.87. The van der Waals surface area contributed by atoms with Crippen LogP contribution in [0.5, 0.6) is 0 Å². The van der Waals surface area contributed by atoms with Crippen LogP contribution >= 0.6 is 0 Å². The van der Waals surface area contributed by atoms with Gasteiger partial charge in [0, 0.05) is 0 Å². The smallest absolute Gasteiger partial charge is 0.398 e. The minimum atomic E-state index is -5.94. The molecule has 0 saturated heterocycles. The van der Waals surface area contributed by atoms with Crippen LogP contribution in [0.25, 0.3) is 0 Å². The molecule has 0 bridgehead atoms. The fourth-order valence-corrected chi connectivity index (χ4v) is 1.87. The van der Waals surface area contributed by atoms with Crippen LogP contribution in [0.4, 0.5) is 45.2 Å². The van der Waals surface area contributed by atoms with E-state index in [2.05, 4.69) is 5.73 Å². The number of hydrogen-bond acceptors (Lipinski definition) is 3. The summed E-state index contributed by atoms with van der Waals surface area (Å²) in [5, 5.41) is 17.2. The van der Waals surface area contributed by atoms with Crippen molar-refractivity contribution >= 4 is 5.69 Å². The molecule has 2 N–H and O–H groups in total. The highest BCUT2D eigenvalue weighted by Gasteiger charge is 2.51. The van der Waals surface area contributed by atoms with Gasteiger partial charge in [0.25, 0.3) is 0 Å². The van der Waals surface area contributed by atoms with E-state index in [1.54, 1.807) is 0 Å². The van der Waals surface area contributed by atoms with E-state index in [9.17, 15) is 39.5 Å². The van der Waals surface area contributed by atoms with E-state index in [1.165, 1.54) is 0 Å². The van der Waals surface area contributed by atoms with Gasteiger partial charge < -0.3 is 5.73 Å². The Morgan fingerprint density at radius 2 is 0.913 bits per heavy atom. The Kier molecular flexibility index (Phi) is 4.18. The third-order valence-electron chi connectivity index (χ3n) is 2.61. The average Bonchev–Trinajstić information content (AvgIpc) is 2.32. The maximum atomic E-state index is 12.9. The molecule has 0 amide bonds. The summed E-state index contributed by atoms with van der Waals surface area (Å²) in [4.78, 5) is 0. The van der Waals surface area contributed by atoms with E-state index < -0.39 is 52.0 Å². The average molecular weight is 347 g/mol. The van der Waals surface area contributed by atoms with E-state index >= 15 is 0 Å². The van der Waals surface area contributed by atoms with Crippen molar-refractivity contribution in [1.82, 2.24) is 0 Å². The Hall–Kier alpha value is -2.63. The minimum Gasteiger partial charge on any atom is -0.398 e. The highest BCUT2D eigenvalue weighted by Crippen LogP contribution is 2.50. The van der Waals surface area contributed by atoms with Crippen molar-refractivity contribution in [1.29, 1.82) is 10.5 Å². The molecule has 1 rings (SSSR count). The van der Waals surface area contributed by atoms with E-state index in [0.29, 0.717) is 12.1 Å². The van der Waals surface area contributed by atoms with Crippen LogP contribution in [0.3, 0.4) is 0 Å². The Balaban J connectivity index is 4.31. The van der Waals surface area contributed by atoms with Gasteiger partial charge in [-0.05, 0) is 0 Å². The van der Waals surface area contributed by atoms with E-state index in [1.807, 2.05) is 0 Å². The molecule has 0 atom stereocenters. The number of benzene rings is 1. The second-order valence-electron chi connectivity index (χ2n) is 4.01. The summed E-state index contributed by atoms with van der Waals surface area (Å²) in [6.45, 7) is 0. The van der Waals surface area contributed by atoms with Crippen LogP contribution in [-0.2, 0) is 18.5 Å². The van der Waals surface area contributed by atoms with Crippen molar-refractivity contribution in [3.05, 3.63) is 27.8 Å². The first-order valence-electron chi connectivity index (χ1n) is 5.19. The normalized spacial score (nSPS) is 12.7. The number of halogens is 9. The van der Waals surface area contributed by atoms with Gasteiger partial charge >= 0.3 is 18.5 Å². The third kappa shape index (κ3) is 3.11. The highest BCUT2D eigenvalue weighted by molar-refractivity contribution is 5.71. The quantitative estimate of drug-likeness (QED) is 0.568. The molecule has 3 nitrogen and oxygen atoms in total. The molecule has 1 aromatic rings. The first kappa shape index (κ1) is 18.4. The van der Waals surface area contributed by atoms with Crippen LogP contribution in [-0.4, -0.2) is 0 Å². The van der Waals surface area contributed by atoms with Gasteiger partial charge in [0.05, 0.1) is 33.5 Å². The van der Waals surface area contributed by atoms with Crippen LogP contribution in [0.2, 0.25) is 0 Å². The first-order chi connectivity index (χ1) is 10.2. The predicted molar refractivity (Wildman–Crippen MR) is 55.3 cm³/mol. The van der Waals surface area contributed by atoms with Crippen molar-refractivity contribution < 1.29 is 39.5 Å². The van der Waals surface area contributed by atoms with Gasteiger partial charge in [-0.3, -0.25) is 0 Å². The number of nitrogens with zero attached hydrogens (tertiary/aromatic N) is 2. The molecule has 124 valence electrons. The summed E-state index contributed by atoms with van der Waals surface area (Å²) in [6, 6.07) is 1.24. The van der Waals surface area contributed by atoms with Gasteiger partial charge in [0.2, 0.25) is 0 Å². The Morgan fingerprint density at radius 3 is 1.17 bits per heavy atom. The van der Waals surface area contributed by atoms with Gasteiger partial charge in [0.1, 0.15) is 12.1 Å². The first-order valence-corrected chi connectivity index (χ1v) is 5.19. The molecular formula is C11H2F9N3. The molecular weight excluding hydrogens is 345 g/mol. The number of rotatable bonds is 0. The SMILES string of the molecule is N#Cc1c(C#N)c(C(F)(F)F)c(C(F)(F)F)c(N)c1C(F)(F)F. The number of anilines is 1. The van der Waals surface area contributed by atoms with Gasteiger partial charge in [-0.15, -0.1) is 0 Å². The second-order valence-corrected chi connectivity index (χ2v) is 4.01. The summed E-state index contributed by atoms with van der Waals surface area (Å²) >= 11 is 0. The lowest BCUT2D eigenvalue weighted by Crippen LogP contribution is -2.25. The zero-order valence-electron chi connectivity index (χ0n) is 10.4. The number of nitriles is 2. The molecule has 0 unspecified atom stereocenters. The van der Waals surface area contributed by atoms with Crippen molar-refractivity contribution in [3.63, 3.8) is 0 Å². The molecule has 12 heteroatoms. The molecule has 0 spiro atoms. The summed E-state index contributed by atoms with van der Waals surface area (Å²) in [5.74, 6) is 0. The Labute approximate surface area is 121 Å². The molecule has 23 heavy (non-hydrogen) atoms. The lowest BCUT2D eigenvalue weighted by atomic mass is 9.89. The molecule has 0 aliphatic rings. The maximum absolute atomic E-state index is 12.9. The predicted octanol–water partition coefficient (Wildman–Crippen LogP) is 4.07. The number of nitrogen functional groups attached to an aromatic ring is 1. The summed E-state index contributed by atoms with van der Waals surface area (Å²) in [6.07, 6.45) is -17.5. The summed E-state index contributed by atoms with van der Waals surface area (Å²) < 4.78 is 115. The van der Waals surface area contributed by atoms with E-state index in [4.69, 9.17) is 10.5 Å². The van der Waals surface area contributed by atoms with Gasteiger partial charge in [0.15, 0.2) is 0 Å². The molecule has 0 fully saturated rings. The third-order valence-corrected chi connectivity index (χ3v) is 2.61. The van der Waals surface area contributed by atoms with Crippen LogP contribution in [0, 0.1) is 22.7 Å². The van der Waals surface area contributed by atoms with Crippen LogP contribution < -0.4 is 5.73 Å². The number of alkyl halides is 9.